The zero-order chi connectivity index (χ0) is 30.4. The highest BCUT2D eigenvalue weighted by Crippen LogP contribution is 2.29. The molecule has 0 spiro atoms. The van der Waals surface area contributed by atoms with Gasteiger partial charge in [0.1, 0.15) is 18.4 Å². The number of aryl methyl sites for hydroxylation is 1. The van der Waals surface area contributed by atoms with Crippen LogP contribution in [0, 0.1) is 12.7 Å². The predicted octanol–water partition coefficient (Wildman–Crippen LogP) is 6.50. The number of rotatable bonds is 11. The van der Waals surface area contributed by atoms with Gasteiger partial charge in [-0.3, -0.25) is 13.9 Å². The molecule has 42 heavy (non-hydrogen) atoms. The van der Waals surface area contributed by atoms with Crippen molar-refractivity contribution in [1.29, 1.82) is 0 Å². The molecule has 4 rings (SSSR count). The van der Waals surface area contributed by atoms with Crippen molar-refractivity contribution in [3.05, 3.63) is 93.7 Å². The van der Waals surface area contributed by atoms with Gasteiger partial charge in [0.25, 0.3) is 10.0 Å². The molecular weight excluding hydrogens is 600 g/mol. The third-order valence-corrected chi connectivity index (χ3v) is 9.98. The zero-order valence-electron chi connectivity index (χ0n) is 23.5. The number of hydrogen-bond donors (Lipinski definition) is 1. The van der Waals surface area contributed by atoms with E-state index in [1.807, 2.05) is 6.92 Å². The molecule has 1 N–H and O–H groups in total. The molecule has 0 unspecified atom stereocenters. The van der Waals surface area contributed by atoms with Gasteiger partial charge in [-0.05, 0) is 74.7 Å². The third kappa shape index (κ3) is 7.43. The van der Waals surface area contributed by atoms with Crippen LogP contribution in [0.25, 0.3) is 0 Å². The molecule has 1 fully saturated rings. The number of halogens is 3. The fourth-order valence-electron chi connectivity index (χ4n) is 5.11. The fourth-order valence-corrected chi connectivity index (χ4v) is 7.05. The number of carbonyl (C=O) groups is 2. The lowest BCUT2D eigenvalue weighted by Crippen LogP contribution is -2.53. The topological polar surface area (TPSA) is 86.8 Å². The first-order chi connectivity index (χ1) is 20.0. The van der Waals surface area contributed by atoms with Gasteiger partial charge in [-0.1, -0.05) is 66.7 Å². The molecule has 0 saturated heterocycles. The van der Waals surface area contributed by atoms with Crippen molar-refractivity contribution in [2.24, 2.45) is 0 Å². The smallest absolute Gasteiger partial charge is 0.264 e. The SMILES string of the molecule is CC[C@@H](C(=O)NC1CCCC1)N(Cc1c(Cl)cccc1Cl)C(=O)CN(c1ccc(F)cc1)S(=O)(=O)c1ccc(C)cc1. The van der Waals surface area contributed by atoms with Crippen molar-refractivity contribution >= 4 is 50.7 Å². The summed E-state index contributed by atoms with van der Waals surface area (Å²) >= 11 is 12.9. The molecular formula is C31H34Cl2FN3O4S. The van der Waals surface area contributed by atoms with Crippen LogP contribution in [0.2, 0.25) is 10.0 Å². The first-order valence-corrected chi connectivity index (χ1v) is 16.1. The van der Waals surface area contributed by atoms with Gasteiger partial charge in [-0.2, -0.15) is 0 Å². The van der Waals surface area contributed by atoms with Crippen molar-refractivity contribution in [2.75, 3.05) is 10.8 Å². The van der Waals surface area contributed by atoms with Crippen LogP contribution in [-0.4, -0.2) is 43.8 Å². The maximum atomic E-state index is 14.2. The standard InChI is InChI=1S/C31H34Cl2FN3O4S/c1-3-29(31(39)35-23-7-4-5-8-23)36(19-26-27(32)9-6-10-28(26)33)30(38)20-37(24-15-13-22(34)14-16-24)42(40,41)25-17-11-21(2)12-18-25/h6,9-18,23,29H,3-5,7-8,19-20H2,1-2H3,(H,35,39)/t29-/m0/s1. The summed E-state index contributed by atoms with van der Waals surface area (Å²) in [5.74, 6) is -1.52. The second kappa shape index (κ2) is 13.9. The minimum atomic E-state index is -4.26. The summed E-state index contributed by atoms with van der Waals surface area (Å²) in [6, 6.07) is 15.1. The van der Waals surface area contributed by atoms with Gasteiger partial charge in [0.2, 0.25) is 11.8 Å². The van der Waals surface area contributed by atoms with Crippen LogP contribution >= 0.6 is 23.2 Å². The summed E-state index contributed by atoms with van der Waals surface area (Å²) in [7, 11) is -4.26. The molecule has 3 aromatic rings. The van der Waals surface area contributed by atoms with Crippen LogP contribution < -0.4 is 9.62 Å². The molecule has 0 aliphatic heterocycles. The summed E-state index contributed by atoms with van der Waals surface area (Å²) in [6.07, 6.45) is 4.03. The van der Waals surface area contributed by atoms with E-state index in [1.54, 1.807) is 37.3 Å². The molecule has 0 bridgehead atoms. The van der Waals surface area contributed by atoms with E-state index < -0.39 is 34.3 Å². The molecule has 0 radical (unpaired) electrons. The molecule has 1 aliphatic carbocycles. The second-order valence-electron chi connectivity index (χ2n) is 10.4. The maximum absolute atomic E-state index is 14.2. The normalized spacial score (nSPS) is 14.4. The monoisotopic (exact) mass is 633 g/mol. The highest BCUT2D eigenvalue weighted by molar-refractivity contribution is 7.92. The first-order valence-electron chi connectivity index (χ1n) is 13.9. The van der Waals surface area contributed by atoms with Crippen LogP contribution in [-0.2, 0) is 26.2 Å². The Morgan fingerprint density at radius 2 is 1.57 bits per heavy atom. The largest absolute Gasteiger partial charge is 0.352 e. The van der Waals surface area contributed by atoms with Crippen LogP contribution in [0.15, 0.2) is 71.6 Å². The number of nitrogens with zero attached hydrogens (tertiary/aromatic N) is 2. The second-order valence-corrected chi connectivity index (χ2v) is 13.1. The number of hydrogen-bond acceptors (Lipinski definition) is 4. The van der Waals surface area contributed by atoms with Crippen molar-refractivity contribution in [2.45, 2.75) is 69.5 Å². The molecule has 0 aromatic heterocycles. The van der Waals surface area contributed by atoms with Gasteiger partial charge in [0, 0.05) is 28.2 Å². The number of carbonyl (C=O) groups excluding carboxylic acids is 2. The average Bonchev–Trinajstić information content (AvgIpc) is 3.47. The third-order valence-electron chi connectivity index (χ3n) is 7.48. The Morgan fingerprint density at radius 3 is 2.14 bits per heavy atom. The molecule has 1 atom stereocenters. The minimum Gasteiger partial charge on any atom is -0.352 e. The van der Waals surface area contributed by atoms with E-state index in [4.69, 9.17) is 23.2 Å². The van der Waals surface area contributed by atoms with Crippen molar-refractivity contribution < 1.29 is 22.4 Å². The van der Waals surface area contributed by atoms with Crippen LogP contribution in [0.1, 0.15) is 50.2 Å². The number of amides is 2. The lowest BCUT2D eigenvalue weighted by molar-refractivity contribution is -0.140. The Bertz CT molecular complexity index is 1490. The minimum absolute atomic E-state index is 0.0185. The first kappa shape index (κ1) is 31.8. The van der Waals surface area contributed by atoms with Gasteiger partial charge in [0.05, 0.1) is 10.6 Å². The van der Waals surface area contributed by atoms with Crippen LogP contribution in [0.5, 0.6) is 0 Å². The molecule has 1 saturated carbocycles. The van der Waals surface area contributed by atoms with Gasteiger partial charge in [0.15, 0.2) is 0 Å². The number of benzene rings is 3. The fraction of sp³-hybridized carbons (Fsp3) is 0.355. The Balaban J connectivity index is 1.74. The molecule has 11 heteroatoms. The predicted molar refractivity (Wildman–Crippen MR) is 164 cm³/mol. The average molecular weight is 635 g/mol. The lowest BCUT2D eigenvalue weighted by Gasteiger charge is -2.34. The summed E-state index contributed by atoms with van der Waals surface area (Å²) in [4.78, 5) is 29.0. The maximum Gasteiger partial charge on any atom is 0.264 e. The van der Waals surface area contributed by atoms with E-state index in [9.17, 15) is 22.4 Å². The van der Waals surface area contributed by atoms with E-state index in [0.717, 1.165) is 47.7 Å². The highest BCUT2D eigenvalue weighted by atomic mass is 35.5. The Hall–Kier alpha value is -3.14. The van der Waals surface area contributed by atoms with Crippen molar-refractivity contribution in [3.8, 4) is 0 Å². The van der Waals surface area contributed by atoms with Gasteiger partial charge >= 0.3 is 0 Å². The van der Waals surface area contributed by atoms with E-state index in [-0.39, 0.29) is 35.5 Å². The molecule has 3 aromatic carbocycles. The quantitative estimate of drug-likeness (QED) is 0.261. The number of nitrogens with one attached hydrogen (secondary N) is 1. The number of anilines is 1. The Kier molecular flexibility index (Phi) is 10.5. The highest BCUT2D eigenvalue weighted by Gasteiger charge is 2.35. The van der Waals surface area contributed by atoms with Crippen LogP contribution in [0.4, 0.5) is 10.1 Å². The Morgan fingerprint density at radius 1 is 0.976 bits per heavy atom. The molecule has 2 amide bonds. The molecule has 1 aliphatic rings. The van der Waals surface area contributed by atoms with Crippen LogP contribution in [0.3, 0.4) is 0 Å². The van der Waals surface area contributed by atoms with E-state index in [2.05, 4.69) is 5.32 Å². The van der Waals surface area contributed by atoms with Gasteiger partial charge < -0.3 is 10.2 Å². The lowest BCUT2D eigenvalue weighted by atomic mass is 10.1. The number of sulfonamides is 1. The van der Waals surface area contributed by atoms with E-state index in [0.29, 0.717) is 15.6 Å². The van der Waals surface area contributed by atoms with Crippen molar-refractivity contribution in [3.63, 3.8) is 0 Å². The summed E-state index contributed by atoms with van der Waals surface area (Å²) in [5, 5.41) is 3.69. The van der Waals surface area contributed by atoms with Gasteiger partial charge in [-0.15, -0.1) is 0 Å². The molecule has 0 heterocycles. The molecule has 7 nitrogen and oxygen atoms in total. The summed E-state index contributed by atoms with van der Waals surface area (Å²) in [5.41, 5.74) is 1.40. The Labute approximate surface area is 256 Å². The van der Waals surface area contributed by atoms with E-state index in [1.165, 1.54) is 29.2 Å². The zero-order valence-corrected chi connectivity index (χ0v) is 25.9. The summed E-state index contributed by atoms with van der Waals surface area (Å²) in [6.45, 7) is 2.86. The van der Waals surface area contributed by atoms with Gasteiger partial charge in [-0.25, -0.2) is 12.8 Å². The molecule has 224 valence electrons. The summed E-state index contributed by atoms with van der Waals surface area (Å²) < 4.78 is 42.5. The van der Waals surface area contributed by atoms with E-state index >= 15 is 0 Å². The van der Waals surface area contributed by atoms with Crippen molar-refractivity contribution in [1.82, 2.24) is 10.2 Å².